The molecular formula is C16H21FN2OS. The fraction of sp³-hybridized carbons (Fsp3) is 0.500. The molecular weight excluding hydrogens is 287 g/mol. The quantitative estimate of drug-likeness (QED) is 0.791. The third kappa shape index (κ3) is 3.84. The number of hydrogen-bond donors (Lipinski definition) is 0. The highest BCUT2D eigenvalue weighted by Gasteiger charge is 2.24. The van der Waals surface area contributed by atoms with Crippen LogP contribution in [0, 0.1) is 5.82 Å². The van der Waals surface area contributed by atoms with Crippen molar-refractivity contribution >= 4 is 11.8 Å². The van der Waals surface area contributed by atoms with E-state index >= 15 is 0 Å². The lowest BCUT2D eigenvalue weighted by Gasteiger charge is -2.15. The third-order valence-corrected chi connectivity index (χ3v) is 4.48. The van der Waals surface area contributed by atoms with Crippen LogP contribution in [0.1, 0.15) is 62.4 Å². The fourth-order valence-electron chi connectivity index (χ4n) is 1.95. The molecule has 0 saturated heterocycles. The van der Waals surface area contributed by atoms with Gasteiger partial charge in [0.2, 0.25) is 5.89 Å². The van der Waals surface area contributed by atoms with Crippen molar-refractivity contribution in [2.45, 2.75) is 50.5 Å². The molecule has 0 aliphatic rings. The van der Waals surface area contributed by atoms with Crippen molar-refractivity contribution in [2.24, 2.45) is 0 Å². The van der Waals surface area contributed by atoms with E-state index < -0.39 is 0 Å². The fourth-order valence-corrected chi connectivity index (χ4v) is 3.11. The van der Waals surface area contributed by atoms with Gasteiger partial charge in [-0.25, -0.2) is 4.39 Å². The van der Waals surface area contributed by atoms with E-state index in [-0.39, 0.29) is 21.7 Å². The highest BCUT2D eigenvalue weighted by Crippen LogP contribution is 2.40. The molecule has 1 aromatic carbocycles. The standard InChI is InChI=1S/C16H21FN2OS/c1-10(12-8-6-7-9-13(12)17)21-11(2)14-18-15(19-20-14)16(3,4)5/h6-11H,1-5H3. The summed E-state index contributed by atoms with van der Waals surface area (Å²) in [7, 11) is 0. The second-order valence-corrected chi connectivity index (χ2v) is 7.83. The van der Waals surface area contributed by atoms with Crippen molar-refractivity contribution in [1.82, 2.24) is 10.1 Å². The number of halogens is 1. The number of aromatic nitrogens is 2. The number of nitrogens with zero attached hydrogens (tertiary/aromatic N) is 2. The van der Waals surface area contributed by atoms with E-state index in [1.165, 1.54) is 6.07 Å². The van der Waals surface area contributed by atoms with Crippen LogP contribution >= 0.6 is 11.8 Å². The Balaban J connectivity index is 2.09. The molecule has 2 unspecified atom stereocenters. The molecule has 0 aliphatic carbocycles. The average Bonchev–Trinajstić information content (AvgIpc) is 2.88. The second-order valence-electron chi connectivity index (χ2n) is 6.15. The van der Waals surface area contributed by atoms with Crippen LogP contribution in [0.2, 0.25) is 0 Å². The Bertz CT molecular complexity index is 606. The Hall–Kier alpha value is -1.36. The largest absolute Gasteiger partial charge is 0.338 e. The van der Waals surface area contributed by atoms with Crippen LogP contribution in [0.15, 0.2) is 28.8 Å². The molecule has 0 N–H and O–H groups in total. The van der Waals surface area contributed by atoms with Crippen LogP contribution in [0.5, 0.6) is 0 Å². The van der Waals surface area contributed by atoms with Gasteiger partial charge in [0.1, 0.15) is 5.82 Å². The molecule has 5 heteroatoms. The third-order valence-electron chi connectivity index (χ3n) is 3.21. The van der Waals surface area contributed by atoms with Gasteiger partial charge in [-0.2, -0.15) is 4.98 Å². The first kappa shape index (κ1) is 16.0. The summed E-state index contributed by atoms with van der Waals surface area (Å²) in [6.07, 6.45) is 0. The Labute approximate surface area is 129 Å². The van der Waals surface area contributed by atoms with Gasteiger partial charge in [0.15, 0.2) is 5.82 Å². The summed E-state index contributed by atoms with van der Waals surface area (Å²) in [6, 6.07) is 6.85. The summed E-state index contributed by atoms with van der Waals surface area (Å²) in [6.45, 7) is 10.1. The second kappa shape index (κ2) is 6.18. The van der Waals surface area contributed by atoms with Gasteiger partial charge in [0.05, 0.1) is 5.25 Å². The van der Waals surface area contributed by atoms with Crippen LogP contribution in [-0.4, -0.2) is 10.1 Å². The molecule has 0 aliphatic heterocycles. The van der Waals surface area contributed by atoms with Gasteiger partial charge in [0.25, 0.3) is 0 Å². The Morgan fingerprint density at radius 2 is 1.81 bits per heavy atom. The van der Waals surface area contributed by atoms with E-state index in [4.69, 9.17) is 4.52 Å². The van der Waals surface area contributed by atoms with E-state index in [9.17, 15) is 4.39 Å². The van der Waals surface area contributed by atoms with Gasteiger partial charge in [-0.3, -0.25) is 0 Å². The highest BCUT2D eigenvalue weighted by molar-refractivity contribution is 7.99. The van der Waals surface area contributed by atoms with Crippen molar-refractivity contribution < 1.29 is 8.91 Å². The molecule has 2 rings (SSSR count). The van der Waals surface area contributed by atoms with Gasteiger partial charge < -0.3 is 4.52 Å². The minimum atomic E-state index is -0.175. The van der Waals surface area contributed by atoms with Crippen LogP contribution in [0.3, 0.4) is 0 Å². The summed E-state index contributed by atoms with van der Waals surface area (Å²) < 4.78 is 19.1. The highest BCUT2D eigenvalue weighted by atomic mass is 32.2. The van der Waals surface area contributed by atoms with Crippen LogP contribution in [0.25, 0.3) is 0 Å². The molecule has 1 heterocycles. The smallest absolute Gasteiger partial charge is 0.239 e. The van der Waals surface area contributed by atoms with Crippen molar-refractivity contribution in [3.63, 3.8) is 0 Å². The first-order valence-electron chi connectivity index (χ1n) is 7.03. The number of benzene rings is 1. The predicted octanol–water partition coefficient (Wildman–Crippen LogP) is 5.06. The number of rotatable bonds is 4. The zero-order valence-electron chi connectivity index (χ0n) is 13.1. The predicted molar refractivity (Wildman–Crippen MR) is 83.8 cm³/mol. The van der Waals surface area contributed by atoms with Crippen LogP contribution in [0.4, 0.5) is 4.39 Å². The molecule has 1 aromatic heterocycles. The van der Waals surface area contributed by atoms with Crippen molar-refractivity contribution in [3.05, 3.63) is 47.4 Å². The lowest BCUT2D eigenvalue weighted by Crippen LogP contribution is -2.13. The average molecular weight is 308 g/mol. The normalized spacial score (nSPS) is 15.0. The van der Waals surface area contributed by atoms with E-state index in [1.54, 1.807) is 17.8 Å². The van der Waals surface area contributed by atoms with E-state index in [0.29, 0.717) is 17.3 Å². The molecule has 0 radical (unpaired) electrons. The minimum absolute atomic E-state index is 0.0169. The monoisotopic (exact) mass is 308 g/mol. The van der Waals surface area contributed by atoms with Gasteiger partial charge in [0, 0.05) is 16.2 Å². The molecule has 3 nitrogen and oxygen atoms in total. The zero-order chi connectivity index (χ0) is 15.6. The first-order valence-corrected chi connectivity index (χ1v) is 7.97. The molecule has 0 spiro atoms. The molecule has 114 valence electrons. The number of thioether (sulfide) groups is 1. The maximum atomic E-state index is 13.8. The van der Waals surface area contributed by atoms with E-state index in [1.807, 2.05) is 46.8 Å². The van der Waals surface area contributed by atoms with Gasteiger partial charge in [-0.1, -0.05) is 44.1 Å². The van der Waals surface area contributed by atoms with Crippen molar-refractivity contribution in [1.29, 1.82) is 0 Å². The Morgan fingerprint density at radius 1 is 1.14 bits per heavy atom. The molecule has 0 saturated carbocycles. The lowest BCUT2D eigenvalue weighted by atomic mass is 9.96. The van der Waals surface area contributed by atoms with Crippen LogP contribution in [-0.2, 0) is 5.41 Å². The van der Waals surface area contributed by atoms with Crippen molar-refractivity contribution in [2.75, 3.05) is 0 Å². The maximum absolute atomic E-state index is 13.8. The van der Waals surface area contributed by atoms with E-state index in [2.05, 4.69) is 10.1 Å². The lowest BCUT2D eigenvalue weighted by molar-refractivity contribution is 0.364. The summed E-state index contributed by atoms with van der Waals surface area (Å²) in [5.74, 6) is 1.11. The summed E-state index contributed by atoms with van der Waals surface area (Å²) in [5.41, 5.74) is 0.563. The first-order chi connectivity index (χ1) is 9.79. The van der Waals surface area contributed by atoms with E-state index in [0.717, 1.165) is 0 Å². The van der Waals surface area contributed by atoms with Gasteiger partial charge >= 0.3 is 0 Å². The minimum Gasteiger partial charge on any atom is -0.338 e. The Kier molecular flexibility index (Phi) is 4.71. The topological polar surface area (TPSA) is 38.9 Å². The molecule has 0 bridgehead atoms. The summed E-state index contributed by atoms with van der Waals surface area (Å²) in [4.78, 5) is 4.46. The maximum Gasteiger partial charge on any atom is 0.239 e. The van der Waals surface area contributed by atoms with Crippen molar-refractivity contribution in [3.8, 4) is 0 Å². The number of hydrogen-bond acceptors (Lipinski definition) is 4. The Morgan fingerprint density at radius 3 is 2.38 bits per heavy atom. The molecule has 0 amide bonds. The SMILES string of the molecule is CC(SC(C)c1ccccc1F)c1nc(C(C)(C)C)no1. The molecule has 21 heavy (non-hydrogen) atoms. The zero-order valence-corrected chi connectivity index (χ0v) is 13.9. The molecule has 0 fully saturated rings. The summed E-state index contributed by atoms with van der Waals surface area (Å²) in [5, 5.41) is 4.07. The van der Waals surface area contributed by atoms with Crippen LogP contribution < -0.4 is 0 Å². The molecule has 2 atom stereocenters. The van der Waals surface area contributed by atoms with Gasteiger partial charge in [-0.15, -0.1) is 11.8 Å². The van der Waals surface area contributed by atoms with Gasteiger partial charge in [-0.05, 0) is 19.9 Å². The molecule has 2 aromatic rings. The summed E-state index contributed by atoms with van der Waals surface area (Å²) >= 11 is 1.61.